The molecule has 1 heteroatoms. The van der Waals surface area contributed by atoms with E-state index >= 15 is 0 Å². The van der Waals surface area contributed by atoms with Crippen molar-refractivity contribution in [3.05, 3.63) is 34.9 Å². The number of nitriles is 1. The van der Waals surface area contributed by atoms with E-state index in [1.165, 1.54) is 16.7 Å². The first-order valence-electron chi connectivity index (χ1n) is 5.28. The molecule has 1 aromatic carbocycles. The average molecular weight is 185 g/mol. The molecule has 1 aromatic rings. The summed E-state index contributed by atoms with van der Waals surface area (Å²) in [5.74, 6) is 0.687. The van der Waals surface area contributed by atoms with Gasteiger partial charge < -0.3 is 0 Å². The van der Waals surface area contributed by atoms with Crippen molar-refractivity contribution >= 4 is 0 Å². The molecule has 0 saturated carbocycles. The highest BCUT2D eigenvalue weighted by Crippen LogP contribution is 2.41. The van der Waals surface area contributed by atoms with Crippen LogP contribution in [0.2, 0.25) is 0 Å². The van der Waals surface area contributed by atoms with Gasteiger partial charge in [0.1, 0.15) is 0 Å². The molecule has 0 N–H and O–H groups in total. The van der Waals surface area contributed by atoms with Gasteiger partial charge in [0.2, 0.25) is 0 Å². The molecule has 2 rings (SSSR count). The lowest BCUT2D eigenvalue weighted by Gasteiger charge is -2.05. The van der Waals surface area contributed by atoms with Gasteiger partial charge in [0.25, 0.3) is 0 Å². The van der Waals surface area contributed by atoms with Crippen molar-refractivity contribution in [3.8, 4) is 6.07 Å². The fourth-order valence-corrected chi connectivity index (χ4v) is 2.32. The molecule has 0 aliphatic heterocycles. The summed E-state index contributed by atoms with van der Waals surface area (Å²) in [5.41, 5.74) is 4.01. The van der Waals surface area contributed by atoms with Gasteiger partial charge in [-0.15, -0.1) is 0 Å². The maximum atomic E-state index is 9.04. The van der Waals surface area contributed by atoms with E-state index in [1.807, 2.05) is 0 Å². The van der Waals surface area contributed by atoms with Crippen molar-refractivity contribution < 1.29 is 0 Å². The smallest absolute Gasteiger partial charge is 0.0721 e. The van der Waals surface area contributed by atoms with Gasteiger partial charge in [-0.2, -0.15) is 5.26 Å². The Morgan fingerprint density at radius 1 is 1.43 bits per heavy atom. The van der Waals surface area contributed by atoms with Crippen molar-refractivity contribution in [2.24, 2.45) is 0 Å². The average Bonchev–Trinajstić information content (AvgIpc) is 2.55. The number of hydrogen-bond acceptors (Lipinski definition) is 1. The quantitative estimate of drug-likeness (QED) is 0.658. The minimum atomic E-state index is 0.131. The van der Waals surface area contributed by atoms with E-state index < -0.39 is 0 Å². The Morgan fingerprint density at radius 2 is 2.21 bits per heavy atom. The predicted molar refractivity (Wildman–Crippen MR) is 57.2 cm³/mol. The fraction of sp³-hybridized carbons (Fsp3) is 0.462. The van der Waals surface area contributed by atoms with E-state index in [4.69, 9.17) is 5.26 Å². The lowest BCUT2D eigenvalue weighted by atomic mass is 9.99. The van der Waals surface area contributed by atoms with Gasteiger partial charge in [0.05, 0.1) is 12.0 Å². The predicted octanol–water partition coefficient (Wildman–Crippen LogP) is 3.36. The number of aryl methyl sites for hydroxylation is 1. The molecule has 2 unspecified atom stereocenters. The first-order valence-corrected chi connectivity index (χ1v) is 5.28. The molecule has 0 radical (unpaired) electrons. The Morgan fingerprint density at radius 3 is 2.86 bits per heavy atom. The second-order valence-electron chi connectivity index (χ2n) is 4.14. The number of nitrogens with zero attached hydrogens (tertiary/aromatic N) is 1. The molecule has 0 aromatic heterocycles. The van der Waals surface area contributed by atoms with Gasteiger partial charge in [-0.3, -0.25) is 0 Å². The maximum absolute atomic E-state index is 9.04. The van der Waals surface area contributed by atoms with E-state index in [1.54, 1.807) is 0 Å². The monoisotopic (exact) mass is 185 g/mol. The molecule has 0 amide bonds. The first kappa shape index (κ1) is 9.27. The van der Waals surface area contributed by atoms with Crippen LogP contribution < -0.4 is 0 Å². The third-order valence-corrected chi connectivity index (χ3v) is 3.21. The van der Waals surface area contributed by atoms with Crippen LogP contribution in [0.3, 0.4) is 0 Å². The molecule has 0 fully saturated rings. The van der Waals surface area contributed by atoms with Crippen LogP contribution in [0, 0.1) is 11.3 Å². The van der Waals surface area contributed by atoms with Crippen LogP contribution in [-0.2, 0) is 6.42 Å². The molecular formula is C13H15N. The zero-order chi connectivity index (χ0) is 10.1. The Labute approximate surface area is 85.4 Å². The van der Waals surface area contributed by atoms with Gasteiger partial charge in [0.15, 0.2) is 0 Å². The summed E-state index contributed by atoms with van der Waals surface area (Å²) < 4.78 is 0. The van der Waals surface area contributed by atoms with Crippen molar-refractivity contribution in [2.45, 2.75) is 38.5 Å². The summed E-state index contributed by atoms with van der Waals surface area (Å²) in [4.78, 5) is 0. The normalized spacial score (nSPS) is 24.4. The minimum Gasteiger partial charge on any atom is -0.198 e. The van der Waals surface area contributed by atoms with Gasteiger partial charge in [-0.25, -0.2) is 0 Å². The van der Waals surface area contributed by atoms with Crippen molar-refractivity contribution in [2.75, 3.05) is 0 Å². The van der Waals surface area contributed by atoms with E-state index in [0.29, 0.717) is 5.92 Å². The molecule has 0 spiro atoms. The van der Waals surface area contributed by atoms with Crippen molar-refractivity contribution in [3.63, 3.8) is 0 Å². The van der Waals surface area contributed by atoms with Crippen LogP contribution in [0.5, 0.6) is 0 Å². The zero-order valence-electron chi connectivity index (χ0n) is 8.75. The first-order chi connectivity index (χ1) is 6.76. The molecule has 0 saturated heterocycles. The molecule has 2 atom stereocenters. The van der Waals surface area contributed by atoms with Gasteiger partial charge in [0, 0.05) is 0 Å². The molecule has 1 aliphatic rings. The number of benzene rings is 1. The lowest BCUT2D eigenvalue weighted by Crippen LogP contribution is -1.91. The number of hydrogen-bond donors (Lipinski definition) is 0. The second kappa shape index (κ2) is 3.46. The molecule has 1 aliphatic carbocycles. The van der Waals surface area contributed by atoms with E-state index in [-0.39, 0.29) is 5.92 Å². The van der Waals surface area contributed by atoms with Crippen LogP contribution >= 0.6 is 0 Å². The Hall–Kier alpha value is -1.29. The Bertz CT molecular complexity index is 387. The highest BCUT2D eigenvalue weighted by Gasteiger charge is 2.27. The summed E-state index contributed by atoms with van der Waals surface area (Å²) in [6, 6.07) is 9.01. The Balaban J connectivity index is 2.48. The molecular weight excluding hydrogens is 170 g/mol. The number of fused-ring (bicyclic) bond motifs is 1. The Kier molecular flexibility index (Phi) is 2.29. The molecule has 1 nitrogen and oxygen atoms in total. The van der Waals surface area contributed by atoms with Gasteiger partial charge >= 0.3 is 0 Å². The summed E-state index contributed by atoms with van der Waals surface area (Å²) in [5, 5.41) is 9.04. The van der Waals surface area contributed by atoms with Gasteiger partial charge in [-0.05, 0) is 35.4 Å². The van der Waals surface area contributed by atoms with Crippen LogP contribution in [0.1, 0.15) is 48.8 Å². The third-order valence-electron chi connectivity index (χ3n) is 3.21. The summed E-state index contributed by atoms with van der Waals surface area (Å²) in [6.45, 7) is 4.36. The summed E-state index contributed by atoms with van der Waals surface area (Å²) >= 11 is 0. The van der Waals surface area contributed by atoms with Crippen molar-refractivity contribution in [1.82, 2.24) is 0 Å². The highest BCUT2D eigenvalue weighted by molar-refractivity contribution is 5.43. The largest absolute Gasteiger partial charge is 0.198 e. The lowest BCUT2D eigenvalue weighted by molar-refractivity contribution is 0.706. The second-order valence-corrected chi connectivity index (χ2v) is 4.14. The molecule has 72 valence electrons. The molecule has 0 heterocycles. The van der Waals surface area contributed by atoms with Crippen LogP contribution in [0.25, 0.3) is 0 Å². The van der Waals surface area contributed by atoms with E-state index in [9.17, 15) is 0 Å². The third kappa shape index (κ3) is 1.32. The topological polar surface area (TPSA) is 23.8 Å². The van der Waals surface area contributed by atoms with Crippen LogP contribution in [0.4, 0.5) is 0 Å². The zero-order valence-corrected chi connectivity index (χ0v) is 8.75. The molecule has 14 heavy (non-hydrogen) atoms. The van der Waals surface area contributed by atoms with Gasteiger partial charge in [-0.1, -0.05) is 32.0 Å². The van der Waals surface area contributed by atoms with E-state index in [2.05, 4.69) is 38.1 Å². The fourth-order valence-electron chi connectivity index (χ4n) is 2.32. The van der Waals surface area contributed by atoms with Crippen molar-refractivity contribution in [1.29, 1.82) is 5.26 Å². The van der Waals surface area contributed by atoms with Crippen LogP contribution in [-0.4, -0.2) is 0 Å². The SMILES string of the molecule is CCc1ccc2c(c1)C(C#N)CC2C. The minimum absolute atomic E-state index is 0.131. The maximum Gasteiger partial charge on any atom is 0.0721 e. The highest BCUT2D eigenvalue weighted by atomic mass is 14.4. The van der Waals surface area contributed by atoms with E-state index in [0.717, 1.165) is 12.8 Å². The standard InChI is InChI=1S/C13H15N/c1-3-10-4-5-12-9(2)6-11(8-14)13(12)7-10/h4-5,7,9,11H,3,6H2,1-2H3. The molecule has 0 bridgehead atoms. The van der Waals surface area contributed by atoms with Crippen LogP contribution in [0.15, 0.2) is 18.2 Å². The summed E-state index contributed by atoms with van der Waals surface area (Å²) in [6.07, 6.45) is 2.05. The summed E-state index contributed by atoms with van der Waals surface area (Å²) in [7, 11) is 0. The number of rotatable bonds is 1.